The van der Waals surface area contributed by atoms with E-state index < -0.39 is 0 Å². The Morgan fingerprint density at radius 1 is 1.29 bits per heavy atom. The van der Waals surface area contributed by atoms with Crippen LogP contribution >= 0.6 is 0 Å². The lowest BCUT2D eigenvalue weighted by Gasteiger charge is -2.39. The van der Waals surface area contributed by atoms with E-state index in [9.17, 15) is 0 Å². The number of likely N-dealkylation sites (N-methyl/N-ethyl adjacent to an activating group) is 1. The molecule has 1 saturated carbocycles. The SMILES string of the molecule is CCNC(C1=CCCCC1)C1(OC)CCCC1. The quantitative estimate of drug-likeness (QED) is 0.740. The largest absolute Gasteiger partial charge is 0.376 e. The van der Waals surface area contributed by atoms with Crippen molar-refractivity contribution in [1.29, 1.82) is 0 Å². The number of hydrogen-bond acceptors (Lipinski definition) is 2. The smallest absolute Gasteiger partial charge is 0.0869 e. The summed E-state index contributed by atoms with van der Waals surface area (Å²) < 4.78 is 5.96. The van der Waals surface area contributed by atoms with Gasteiger partial charge in [0.15, 0.2) is 0 Å². The van der Waals surface area contributed by atoms with Crippen LogP contribution in [0.15, 0.2) is 11.6 Å². The Kier molecular flexibility index (Phi) is 4.63. The second-order valence-corrected chi connectivity index (χ2v) is 5.49. The number of rotatable bonds is 5. The van der Waals surface area contributed by atoms with Crippen molar-refractivity contribution < 1.29 is 4.74 Å². The van der Waals surface area contributed by atoms with Gasteiger partial charge in [-0.3, -0.25) is 0 Å². The lowest BCUT2D eigenvalue weighted by Crippen LogP contribution is -2.51. The van der Waals surface area contributed by atoms with Crippen molar-refractivity contribution in [3.63, 3.8) is 0 Å². The topological polar surface area (TPSA) is 21.3 Å². The van der Waals surface area contributed by atoms with Gasteiger partial charge in [0, 0.05) is 7.11 Å². The van der Waals surface area contributed by atoms with Gasteiger partial charge in [-0.15, -0.1) is 0 Å². The summed E-state index contributed by atoms with van der Waals surface area (Å²) in [5, 5.41) is 3.69. The first kappa shape index (κ1) is 13.1. The van der Waals surface area contributed by atoms with Crippen LogP contribution in [-0.2, 0) is 4.74 Å². The van der Waals surface area contributed by atoms with Crippen LogP contribution in [0, 0.1) is 0 Å². The second-order valence-electron chi connectivity index (χ2n) is 5.49. The normalized spacial score (nSPS) is 25.6. The Morgan fingerprint density at radius 3 is 2.59 bits per heavy atom. The highest BCUT2D eigenvalue weighted by atomic mass is 16.5. The van der Waals surface area contributed by atoms with Gasteiger partial charge in [-0.05, 0) is 45.1 Å². The molecule has 1 atom stereocenters. The molecule has 0 aromatic rings. The molecule has 0 spiro atoms. The molecule has 0 aromatic heterocycles. The van der Waals surface area contributed by atoms with Gasteiger partial charge in [-0.25, -0.2) is 0 Å². The minimum atomic E-state index is 0.0825. The molecule has 0 aromatic carbocycles. The first-order chi connectivity index (χ1) is 8.32. The van der Waals surface area contributed by atoms with Gasteiger partial charge in [0.2, 0.25) is 0 Å². The maximum absolute atomic E-state index is 5.96. The lowest BCUT2D eigenvalue weighted by atomic mass is 9.82. The van der Waals surface area contributed by atoms with Crippen LogP contribution in [0.3, 0.4) is 0 Å². The summed E-state index contributed by atoms with van der Waals surface area (Å²) in [7, 11) is 1.90. The number of hydrogen-bond donors (Lipinski definition) is 1. The summed E-state index contributed by atoms with van der Waals surface area (Å²) in [5.74, 6) is 0. The van der Waals surface area contributed by atoms with Crippen LogP contribution in [0.4, 0.5) is 0 Å². The van der Waals surface area contributed by atoms with Gasteiger partial charge in [0.1, 0.15) is 0 Å². The standard InChI is InChI=1S/C15H27NO/c1-3-16-14(13-9-5-4-6-10-13)15(17-2)11-7-8-12-15/h9,14,16H,3-8,10-12H2,1-2H3. The number of ether oxygens (including phenoxy) is 1. The van der Waals surface area contributed by atoms with Crippen LogP contribution in [0.25, 0.3) is 0 Å². The Hall–Kier alpha value is -0.340. The molecule has 0 saturated heterocycles. The monoisotopic (exact) mass is 237 g/mol. The predicted molar refractivity (Wildman–Crippen MR) is 72.2 cm³/mol. The van der Waals surface area contributed by atoms with E-state index in [1.54, 1.807) is 5.57 Å². The molecule has 1 N–H and O–H groups in total. The molecule has 0 amide bonds. The average Bonchev–Trinajstić information content (AvgIpc) is 2.87. The molecule has 0 bridgehead atoms. The maximum Gasteiger partial charge on any atom is 0.0869 e. The zero-order valence-electron chi connectivity index (χ0n) is 11.4. The molecular formula is C15H27NO. The van der Waals surface area contributed by atoms with Crippen molar-refractivity contribution in [3.8, 4) is 0 Å². The Labute approximate surface area is 106 Å². The summed E-state index contributed by atoms with van der Waals surface area (Å²) in [6.45, 7) is 3.24. The van der Waals surface area contributed by atoms with Gasteiger partial charge in [0.05, 0.1) is 11.6 Å². The van der Waals surface area contributed by atoms with E-state index in [1.165, 1.54) is 51.4 Å². The predicted octanol–water partition coefficient (Wildman–Crippen LogP) is 3.42. The van der Waals surface area contributed by atoms with Crippen LogP contribution in [0.5, 0.6) is 0 Å². The van der Waals surface area contributed by atoms with Crippen molar-refractivity contribution >= 4 is 0 Å². The van der Waals surface area contributed by atoms with E-state index in [0.29, 0.717) is 6.04 Å². The summed E-state index contributed by atoms with van der Waals surface area (Å²) in [6.07, 6.45) is 12.8. The van der Waals surface area contributed by atoms with E-state index in [1.807, 2.05) is 7.11 Å². The number of allylic oxidation sites excluding steroid dienone is 1. The van der Waals surface area contributed by atoms with Crippen LogP contribution in [0.1, 0.15) is 58.3 Å². The third-order valence-corrected chi connectivity index (χ3v) is 4.49. The fraction of sp³-hybridized carbons (Fsp3) is 0.867. The molecular weight excluding hydrogens is 210 g/mol. The first-order valence-electron chi connectivity index (χ1n) is 7.30. The fourth-order valence-corrected chi connectivity index (χ4v) is 3.57. The highest BCUT2D eigenvalue weighted by Crippen LogP contribution is 2.40. The highest BCUT2D eigenvalue weighted by Gasteiger charge is 2.42. The van der Waals surface area contributed by atoms with Gasteiger partial charge in [-0.1, -0.05) is 31.4 Å². The third-order valence-electron chi connectivity index (χ3n) is 4.49. The lowest BCUT2D eigenvalue weighted by molar-refractivity contribution is -0.0266. The summed E-state index contributed by atoms with van der Waals surface area (Å²) in [6, 6.07) is 0.459. The maximum atomic E-state index is 5.96. The van der Waals surface area contributed by atoms with E-state index >= 15 is 0 Å². The molecule has 2 heteroatoms. The van der Waals surface area contributed by atoms with Crippen LogP contribution in [-0.4, -0.2) is 25.3 Å². The van der Waals surface area contributed by atoms with Crippen molar-refractivity contribution in [2.75, 3.05) is 13.7 Å². The second kappa shape index (κ2) is 6.01. The Morgan fingerprint density at radius 2 is 2.06 bits per heavy atom. The minimum absolute atomic E-state index is 0.0825. The van der Waals surface area contributed by atoms with Crippen molar-refractivity contribution in [1.82, 2.24) is 5.32 Å². The summed E-state index contributed by atoms with van der Waals surface area (Å²) >= 11 is 0. The van der Waals surface area contributed by atoms with Crippen LogP contribution < -0.4 is 5.32 Å². The van der Waals surface area contributed by atoms with E-state index in [2.05, 4.69) is 18.3 Å². The van der Waals surface area contributed by atoms with E-state index in [4.69, 9.17) is 4.74 Å². The zero-order chi connectivity index (χ0) is 12.1. The molecule has 2 aliphatic rings. The van der Waals surface area contributed by atoms with E-state index in [0.717, 1.165) is 6.54 Å². The molecule has 2 rings (SSSR count). The molecule has 17 heavy (non-hydrogen) atoms. The molecule has 1 fully saturated rings. The molecule has 2 aliphatic carbocycles. The molecule has 0 aliphatic heterocycles. The van der Waals surface area contributed by atoms with Crippen molar-refractivity contribution in [3.05, 3.63) is 11.6 Å². The minimum Gasteiger partial charge on any atom is -0.376 e. The molecule has 1 unspecified atom stereocenters. The Bertz CT molecular complexity index is 266. The highest BCUT2D eigenvalue weighted by molar-refractivity contribution is 5.20. The fourth-order valence-electron chi connectivity index (χ4n) is 3.57. The van der Waals surface area contributed by atoms with Gasteiger partial charge < -0.3 is 10.1 Å². The number of methoxy groups -OCH3 is 1. The molecule has 2 nitrogen and oxygen atoms in total. The van der Waals surface area contributed by atoms with Gasteiger partial charge in [-0.2, -0.15) is 0 Å². The zero-order valence-corrected chi connectivity index (χ0v) is 11.4. The van der Waals surface area contributed by atoms with E-state index in [-0.39, 0.29) is 5.60 Å². The third kappa shape index (κ3) is 2.74. The molecule has 98 valence electrons. The van der Waals surface area contributed by atoms with Crippen molar-refractivity contribution in [2.45, 2.75) is 69.9 Å². The van der Waals surface area contributed by atoms with Crippen molar-refractivity contribution in [2.24, 2.45) is 0 Å². The van der Waals surface area contributed by atoms with Gasteiger partial charge >= 0.3 is 0 Å². The number of nitrogens with one attached hydrogen (secondary N) is 1. The van der Waals surface area contributed by atoms with Crippen LogP contribution in [0.2, 0.25) is 0 Å². The summed E-state index contributed by atoms with van der Waals surface area (Å²) in [4.78, 5) is 0. The molecule has 0 heterocycles. The van der Waals surface area contributed by atoms with Gasteiger partial charge in [0.25, 0.3) is 0 Å². The first-order valence-corrected chi connectivity index (χ1v) is 7.30. The Balaban J connectivity index is 2.17. The average molecular weight is 237 g/mol. The molecule has 0 radical (unpaired) electrons. The summed E-state index contributed by atoms with van der Waals surface area (Å²) in [5.41, 5.74) is 1.70.